The van der Waals surface area contributed by atoms with Gasteiger partial charge in [0.15, 0.2) is 6.61 Å². The molecule has 0 radical (unpaired) electrons. The molecule has 3 aromatic rings. The first-order valence-corrected chi connectivity index (χ1v) is 9.72. The molecule has 1 fully saturated rings. The van der Waals surface area contributed by atoms with E-state index in [2.05, 4.69) is 20.2 Å². The number of hydrogen-bond acceptors (Lipinski definition) is 5. The van der Waals surface area contributed by atoms with Crippen molar-refractivity contribution in [2.75, 3.05) is 32.8 Å². The molecule has 6 nitrogen and oxygen atoms in total. The van der Waals surface area contributed by atoms with Gasteiger partial charge in [0.2, 0.25) is 0 Å². The van der Waals surface area contributed by atoms with Gasteiger partial charge < -0.3 is 15.0 Å². The zero-order valence-electron chi connectivity index (χ0n) is 15.8. The van der Waals surface area contributed by atoms with Crippen LogP contribution in [0.5, 0.6) is 5.75 Å². The molecule has 0 saturated carbocycles. The fourth-order valence-electron chi connectivity index (χ4n) is 3.38. The summed E-state index contributed by atoms with van der Waals surface area (Å²) in [4.78, 5) is 23.4. The molecule has 1 amide bonds. The Labute approximate surface area is 164 Å². The lowest BCUT2D eigenvalue weighted by Gasteiger charge is -2.14. The average Bonchev–Trinajstić information content (AvgIpc) is 3.26. The van der Waals surface area contributed by atoms with Gasteiger partial charge >= 0.3 is 0 Å². The number of amides is 1. The number of nitrogens with one attached hydrogen (secondary N) is 1. The van der Waals surface area contributed by atoms with Crippen molar-refractivity contribution in [3.05, 3.63) is 54.7 Å². The zero-order valence-corrected chi connectivity index (χ0v) is 15.8. The molecule has 0 spiro atoms. The first-order chi connectivity index (χ1) is 13.8. The third kappa shape index (κ3) is 4.64. The normalized spacial score (nSPS) is 14.3. The molecule has 1 aromatic heterocycles. The predicted molar refractivity (Wildman–Crippen MR) is 109 cm³/mol. The first-order valence-electron chi connectivity index (χ1n) is 9.72. The highest BCUT2D eigenvalue weighted by Crippen LogP contribution is 2.22. The molecule has 1 aliphatic rings. The maximum Gasteiger partial charge on any atom is 0.257 e. The Bertz CT molecular complexity index is 937. The van der Waals surface area contributed by atoms with Gasteiger partial charge in [-0.1, -0.05) is 12.1 Å². The number of likely N-dealkylation sites (tertiary alicyclic amines) is 1. The molecule has 28 heavy (non-hydrogen) atoms. The second-order valence-electron chi connectivity index (χ2n) is 6.96. The summed E-state index contributed by atoms with van der Waals surface area (Å²) in [6, 6.07) is 15.4. The van der Waals surface area contributed by atoms with E-state index < -0.39 is 0 Å². The van der Waals surface area contributed by atoms with Gasteiger partial charge in [-0.3, -0.25) is 9.78 Å². The van der Waals surface area contributed by atoms with Crippen LogP contribution in [-0.2, 0) is 4.79 Å². The van der Waals surface area contributed by atoms with Gasteiger partial charge in [0.25, 0.3) is 5.91 Å². The van der Waals surface area contributed by atoms with E-state index in [9.17, 15) is 4.79 Å². The van der Waals surface area contributed by atoms with Crippen LogP contribution in [0, 0.1) is 0 Å². The van der Waals surface area contributed by atoms with E-state index in [1.807, 2.05) is 48.5 Å². The monoisotopic (exact) mass is 376 g/mol. The number of carbonyl (C=O) groups is 1. The Morgan fingerprint density at radius 1 is 1.04 bits per heavy atom. The summed E-state index contributed by atoms with van der Waals surface area (Å²) in [6.07, 6.45) is 4.29. The smallest absolute Gasteiger partial charge is 0.257 e. The topological polar surface area (TPSA) is 67.3 Å². The Hall–Kier alpha value is -2.99. The van der Waals surface area contributed by atoms with Crippen molar-refractivity contribution in [2.24, 2.45) is 0 Å². The molecule has 1 aliphatic heterocycles. The summed E-state index contributed by atoms with van der Waals surface area (Å²) in [5.74, 6) is 0.566. The molecule has 1 saturated heterocycles. The molecule has 2 aromatic carbocycles. The van der Waals surface area contributed by atoms with Crippen LogP contribution in [0.1, 0.15) is 12.8 Å². The summed E-state index contributed by atoms with van der Waals surface area (Å²) in [5.41, 5.74) is 3.51. The van der Waals surface area contributed by atoms with Gasteiger partial charge in [0.05, 0.1) is 22.9 Å². The fourth-order valence-corrected chi connectivity index (χ4v) is 3.38. The molecule has 1 N–H and O–H groups in total. The summed E-state index contributed by atoms with van der Waals surface area (Å²) in [6.45, 7) is 3.88. The van der Waals surface area contributed by atoms with Crippen LogP contribution in [-0.4, -0.2) is 53.6 Å². The van der Waals surface area contributed by atoms with Gasteiger partial charge in [-0.25, -0.2) is 4.98 Å². The SMILES string of the molecule is O=C(COc1ccc(-c2cnc3ccccc3n2)cc1)NCCN1CCCC1. The number of ether oxygens (including phenoxy) is 1. The lowest BCUT2D eigenvalue weighted by Crippen LogP contribution is -2.35. The molecule has 0 unspecified atom stereocenters. The molecule has 2 heterocycles. The van der Waals surface area contributed by atoms with Crippen LogP contribution in [0.25, 0.3) is 22.3 Å². The van der Waals surface area contributed by atoms with Gasteiger partial charge in [-0.05, 0) is 62.3 Å². The molecule has 0 atom stereocenters. The quantitative estimate of drug-likeness (QED) is 0.687. The molecular formula is C22H24N4O2. The van der Waals surface area contributed by atoms with Gasteiger partial charge in [-0.2, -0.15) is 0 Å². The van der Waals surface area contributed by atoms with Crippen LogP contribution < -0.4 is 10.1 Å². The van der Waals surface area contributed by atoms with E-state index >= 15 is 0 Å². The van der Waals surface area contributed by atoms with Gasteiger partial charge in [0, 0.05) is 18.7 Å². The lowest BCUT2D eigenvalue weighted by molar-refractivity contribution is -0.123. The number of fused-ring (bicyclic) bond motifs is 1. The van der Waals surface area contributed by atoms with Crippen molar-refractivity contribution in [3.8, 4) is 17.0 Å². The van der Waals surface area contributed by atoms with E-state index in [0.29, 0.717) is 12.3 Å². The molecule has 4 rings (SSSR count). The second kappa shape index (κ2) is 8.80. The number of nitrogens with zero attached hydrogens (tertiary/aromatic N) is 3. The minimum atomic E-state index is -0.0938. The van der Waals surface area contributed by atoms with Gasteiger partial charge in [-0.15, -0.1) is 0 Å². The maximum atomic E-state index is 11.9. The van der Waals surface area contributed by atoms with Crippen LogP contribution in [0.2, 0.25) is 0 Å². The largest absolute Gasteiger partial charge is 0.484 e. The standard InChI is InChI=1S/C22H24N4O2/c27-22(23-11-14-26-12-3-4-13-26)16-28-18-9-7-17(8-10-18)21-15-24-19-5-1-2-6-20(19)25-21/h1-2,5-10,15H,3-4,11-14,16H2,(H,23,27). The fraction of sp³-hybridized carbons (Fsp3) is 0.318. The minimum absolute atomic E-state index is 0.0229. The van der Waals surface area contributed by atoms with Crippen LogP contribution >= 0.6 is 0 Å². The summed E-state index contributed by atoms with van der Waals surface area (Å²) in [5, 5.41) is 2.91. The summed E-state index contributed by atoms with van der Waals surface area (Å²) >= 11 is 0. The maximum absolute atomic E-state index is 11.9. The number of carbonyl (C=O) groups excluding carboxylic acids is 1. The van der Waals surface area contributed by atoms with E-state index in [0.717, 1.165) is 41.9 Å². The number of rotatable bonds is 7. The second-order valence-corrected chi connectivity index (χ2v) is 6.96. The Morgan fingerprint density at radius 3 is 2.57 bits per heavy atom. The summed E-state index contributed by atoms with van der Waals surface area (Å²) in [7, 11) is 0. The summed E-state index contributed by atoms with van der Waals surface area (Å²) < 4.78 is 5.59. The molecule has 144 valence electrons. The first kappa shape index (κ1) is 18.4. The van der Waals surface area contributed by atoms with Crippen LogP contribution in [0.3, 0.4) is 0 Å². The number of para-hydroxylation sites is 2. The van der Waals surface area contributed by atoms with E-state index in [-0.39, 0.29) is 12.5 Å². The minimum Gasteiger partial charge on any atom is -0.484 e. The van der Waals surface area contributed by atoms with E-state index in [4.69, 9.17) is 4.74 Å². The lowest BCUT2D eigenvalue weighted by atomic mass is 10.1. The zero-order chi connectivity index (χ0) is 19.2. The molecule has 0 aliphatic carbocycles. The van der Waals surface area contributed by atoms with Crippen molar-refractivity contribution < 1.29 is 9.53 Å². The third-order valence-electron chi connectivity index (χ3n) is 4.92. The van der Waals surface area contributed by atoms with Crippen molar-refractivity contribution in [1.29, 1.82) is 0 Å². The predicted octanol–water partition coefficient (Wildman–Crippen LogP) is 2.89. The molecular weight excluding hydrogens is 352 g/mol. The van der Waals surface area contributed by atoms with Crippen molar-refractivity contribution in [3.63, 3.8) is 0 Å². The van der Waals surface area contributed by atoms with Crippen LogP contribution in [0.4, 0.5) is 0 Å². The number of aromatic nitrogens is 2. The van der Waals surface area contributed by atoms with Crippen molar-refractivity contribution >= 4 is 16.9 Å². The highest BCUT2D eigenvalue weighted by molar-refractivity contribution is 5.78. The van der Waals surface area contributed by atoms with Gasteiger partial charge in [0.1, 0.15) is 5.75 Å². The highest BCUT2D eigenvalue weighted by atomic mass is 16.5. The van der Waals surface area contributed by atoms with E-state index in [1.54, 1.807) is 6.20 Å². The Balaban J connectivity index is 1.28. The number of benzene rings is 2. The third-order valence-corrected chi connectivity index (χ3v) is 4.92. The van der Waals surface area contributed by atoms with Crippen LogP contribution in [0.15, 0.2) is 54.7 Å². The van der Waals surface area contributed by atoms with Crippen molar-refractivity contribution in [1.82, 2.24) is 20.2 Å². The molecule has 6 heteroatoms. The van der Waals surface area contributed by atoms with E-state index in [1.165, 1.54) is 12.8 Å². The highest BCUT2D eigenvalue weighted by Gasteiger charge is 2.11. The van der Waals surface area contributed by atoms with Crippen molar-refractivity contribution in [2.45, 2.75) is 12.8 Å². The number of hydrogen-bond donors (Lipinski definition) is 1. The molecule has 0 bridgehead atoms. The average molecular weight is 376 g/mol. The Morgan fingerprint density at radius 2 is 1.79 bits per heavy atom. The Kier molecular flexibility index (Phi) is 5.77.